The summed E-state index contributed by atoms with van der Waals surface area (Å²) in [7, 11) is 0. The van der Waals surface area contributed by atoms with Gasteiger partial charge in [0.05, 0.1) is 17.2 Å². The van der Waals surface area contributed by atoms with E-state index in [1.807, 2.05) is 31.2 Å². The van der Waals surface area contributed by atoms with Crippen molar-refractivity contribution in [2.24, 2.45) is 0 Å². The summed E-state index contributed by atoms with van der Waals surface area (Å²) in [5.74, 6) is -1.18. The smallest absolute Gasteiger partial charge is 0.305 e. The summed E-state index contributed by atoms with van der Waals surface area (Å²) < 4.78 is 1.85. The fourth-order valence-corrected chi connectivity index (χ4v) is 4.73. The lowest BCUT2D eigenvalue weighted by atomic mass is 10.1. The Hall–Kier alpha value is -2.65. The number of hydrogen-bond acceptors (Lipinski definition) is 6. The molecule has 2 aromatic heterocycles. The van der Waals surface area contributed by atoms with Crippen LogP contribution >= 0.6 is 23.1 Å². The van der Waals surface area contributed by atoms with E-state index in [1.54, 1.807) is 11.4 Å². The topological polar surface area (TPSA) is 101 Å². The Morgan fingerprint density at radius 3 is 2.60 bits per heavy atom. The van der Waals surface area contributed by atoms with Crippen molar-refractivity contribution >= 4 is 50.9 Å². The van der Waals surface area contributed by atoms with E-state index in [2.05, 4.69) is 17.2 Å². The molecule has 7 nitrogen and oxygen atoms in total. The van der Waals surface area contributed by atoms with Crippen LogP contribution in [0.5, 0.6) is 0 Å². The standard InChI is InChI=1S/C21H23N3O4S2/c1-3-13-5-7-14(8-6-13)22-19(27)16(4-2)30-21-23-15-10-12-29-18(15)20(28)24(21)11-9-17(25)26/h5-8,10,12,16H,3-4,9,11H2,1-2H3,(H,22,27)(H,25,26)/t16-/m0/s1. The fourth-order valence-electron chi connectivity index (χ4n) is 2.91. The molecule has 1 aromatic carbocycles. The average Bonchev–Trinajstić information content (AvgIpc) is 3.20. The maximum absolute atomic E-state index is 12.8. The van der Waals surface area contributed by atoms with E-state index in [-0.39, 0.29) is 24.4 Å². The van der Waals surface area contributed by atoms with Crippen LogP contribution in [0.3, 0.4) is 0 Å². The van der Waals surface area contributed by atoms with Gasteiger partial charge in [-0.3, -0.25) is 19.0 Å². The zero-order valence-corrected chi connectivity index (χ0v) is 18.4. The molecular weight excluding hydrogens is 422 g/mol. The zero-order chi connectivity index (χ0) is 21.7. The van der Waals surface area contributed by atoms with Crippen molar-refractivity contribution in [3.05, 3.63) is 51.6 Å². The average molecular weight is 446 g/mol. The lowest BCUT2D eigenvalue weighted by Crippen LogP contribution is -2.28. The maximum atomic E-state index is 12.8. The Morgan fingerprint density at radius 1 is 1.23 bits per heavy atom. The Morgan fingerprint density at radius 2 is 1.97 bits per heavy atom. The van der Waals surface area contributed by atoms with Crippen LogP contribution in [0.4, 0.5) is 5.69 Å². The Labute approximate surface area is 182 Å². The van der Waals surface area contributed by atoms with Gasteiger partial charge in [-0.1, -0.05) is 37.7 Å². The molecule has 0 aliphatic carbocycles. The van der Waals surface area contributed by atoms with Crippen molar-refractivity contribution < 1.29 is 14.7 Å². The molecule has 158 valence electrons. The Bertz CT molecular complexity index is 1110. The molecule has 0 aliphatic heterocycles. The van der Waals surface area contributed by atoms with Gasteiger partial charge in [0.25, 0.3) is 5.56 Å². The number of amides is 1. The number of carboxylic acid groups (broad SMARTS) is 1. The predicted molar refractivity (Wildman–Crippen MR) is 121 cm³/mol. The number of aryl methyl sites for hydroxylation is 1. The molecule has 0 aliphatic rings. The number of carbonyl (C=O) groups is 2. The third-order valence-electron chi connectivity index (χ3n) is 4.62. The third-order valence-corrected chi connectivity index (χ3v) is 6.87. The highest BCUT2D eigenvalue weighted by Gasteiger charge is 2.22. The SMILES string of the molecule is CCc1ccc(NC(=O)[C@H](CC)Sc2nc3ccsc3c(=O)n2CCC(=O)O)cc1. The van der Waals surface area contributed by atoms with Crippen molar-refractivity contribution in [1.82, 2.24) is 9.55 Å². The highest BCUT2D eigenvalue weighted by atomic mass is 32.2. The molecule has 0 saturated carbocycles. The number of nitrogens with one attached hydrogen (secondary N) is 1. The number of fused-ring (bicyclic) bond motifs is 1. The number of anilines is 1. The van der Waals surface area contributed by atoms with Gasteiger partial charge in [-0.05, 0) is 42.0 Å². The van der Waals surface area contributed by atoms with Crippen LogP contribution in [0.15, 0.2) is 45.7 Å². The Balaban J connectivity index is 1.85. The van der Waals surface area contributed by atoms with Gasteiger partial charge in [-0.15, -0.1) is 11.3 Å². The highest BCUT2D eigenvalue weighted by molar-refractivity contribution is 8.00. The molecule has 0 fully saturated rings. The second-order valence-corrected chi connectivity index (χ2v) is 8.77. The summed E-state index contributed by atoms with van der Waals surface area (Å²) in [6.07, 6.45) is 1.26. The molecule has 9 heteroatoms. The van der Waals surface area contributed by atoms with E-state index in [1.165, 1.54) is 33.2 Å². The predicted octanol–water partition coefficient (Wildman–Crippen LogP) is 4.00. The summed E-state index contributed by atoms with van der Waals surface area (Å²) in [5.41, 5.74) is 2.18. The van der Waals surface area contributed by atoms with Crippen molar-refractivity contribution in [3.63, 3.8) is 0 Å². The molecule has 0 bridgehead atoms. The molecule has 0 spiro atoms. The van der Waals surface area contributed by atoms with E-state index in [0.29, 0.717) is 27.5 Å². The minimum Gasteiger partial charge on any atom is -0.481 e. The quantitative estimate of drug-likeness (QED) is 0.381. The summed E-state index contributed by atoms with van der Waals surface area (Å²) in [6, 6.07) is 9.43. The molecule has 3 rings (SSSR count). The number of benzene rings is 1. The zero-order valence-electron chi connectivity index (χ0n) is 16.8. The van der Waals surface area contributed by atoms with Gasteiger partial charge < -0.3 is 10.4 Å². The molecule has 1 atom stereocenters. The first-order valence-electron chi connectivity index (χ1n) is 9.69. The van der Waals surface area contributed by atoms with Gasteiger partial charge in [0.15, 0.2) is 5.16 Å². The van der Waals surface area contributed by atoms with Crippen LogP contribution in [0.25, 0.3) is 10.2 Å². The minimum atomic E-state index is -0.996. The summed E-state index contributed by atoms with van der Waals surface area (Å²) >= 11 is 2.46. The third kappa shape index (κ3) is 5.09. The molecule has 3 aromatic rings. The molecule has 0 saturated heterocycles. The number of rotatable bonds is 9. The maximum Gasteiger partial charge on any atom is 0.305 e. The molecule has 0 unspecified atom stereocenters. The van der Waals surface area contributed by atoms with Gasteiger partial charge in [0.1, 0.15) is 4.70 Å². The number of carboxylic acids is 1. The summed E-state index contributed by atoms with van der Waals surface area (Å²) in [4.78, 5) is 41.3. The number of hydrogen-bond donors (Lipinski definition) is 2. The first-order chi connectivity index (χ1) is 14.4. The van der Waals surface area contributed by atoms with Crippen LogP contribution in [0.1, 0.15) is 32.3 Å². The van der Waals surface area contributed by atoms with Gasteiger partial charge in [0.2, 0.25) is 5.91 Å². The van der Waals surface area contributed by atoms with Crippen LogP contribution in [-0.2, 0) is 22.6 Å². The number of carbonyl (C=O) groups excluding carboxylic acids is 1. The lowest BCUT2D eigenvalue weighted by Gasteiger charge is -2.17. The van der Waals surface area contributed by atoms with Crippen LogP contribution in [-0.4, -0.2) is 31.8 Å². The molecule has 2 N–H and O–H groups in total. The van der Waals surface area contributed by atoms with Crippen LogP contribution < -0.4 is 10.9 Å². The molecule has 1 amide bonds. The van der Waals surface area contributed by atoms with Crippen molar-refractivity contribution in [2.45, 2.75) is 50.1 Å². The largest absolute Gasteiger partial charge is 0.481 e. The number of thioether (sulfide) groups is 1. The first-order valence-corrected chi connectivity index (χ1v) is 11.4. The minimum absolute atomic E-state index is 0.00781. The monoisotopic (exact) mass is 445 g/mol. The van der Waals surface area contributed by atoms with E-state index in [0.717, 1.165) is 6.42 Å². The fraction of sp³-hybridized carbons (Fsp3) is 0.333. The molecule has 0 radical (unpaired) electrons. The first kappa shape index (κ1) is 22.0. The van der Waals surface area contributed by atoms with Gasteiger partial charge in [0, 0.05) is 12.2 Å². The Kier molecular flexibility index (Phi) is 7.28. The van der Waals surface area contributed by atoms with Crippen LogP contribution in [0.2, 0.25) is 0 Å². The molecule has 2 heterocycles. The normalized spacial score (nSPS) is 12.1. The number of aliphatic carboxylic acids is 1. The summed E-state index contributed by atoms with van der Waals surface area (Å²) in [6.45, 7) is 3.96. The molecular formula is C21H23N3O4S2. The van der Waals surface area contributed by atoms with Crippen LogP contribution in [0, 0.1) is 0 Å². The molecule has 30 heavy (non-hydrogen) atoms. The van der Waals surface area contributed by atoms with Gasteiger partial charge in [-0.2, -0.15) is 0 Å². The summed E-state index contributed by atoms with van der Waals surface area (Å²) in [5, 5.41) is 13.6. The van der Waals surface area contributed by atoms with Gasteiger partial charge >= 0.3 is 5.97 Å². The highest BCUT2D eigenvalue weighted by Crippen LogP contribution is 2.27. The number of aromatic nitrogens is 2. The van der Waals surface area contributed by atoms with E-state index >= 15 is 0 Å². The van der Waals surface area contributed by atoms with Crippen molar-refractivity contribution in [1.29, 1.82) is 0 Å². The van der Waals surface area contributed by atoms with Gasteiger partial charge in [-0.25, -0.2) is 4.98 Å². The van der Waals surface area contributed by atoms with E-state index < -0.39 is 11.2 Å². The van der Waals surface area contributed by atoms with E-state index in [9.17, 15) is 14.4 Å². The van der Waals surface area contributed by atoms with E-state index in [4.69, 9.17) is 5.11 Å². The number of nitrogens with zero attached hydrogens (tertiary/aromatic N) is 2. The number of thiophene rings is 1. The van der Waals surface area contributed by atoms with Crippen molar-refractivity contribution in [2.75, 3.05) is 5.32 Å². The lowest BCUT2D eigenvalue weighted by molar-refractivity contribution is -0.137. The second-order valence-electron chi connectivity index (χ2n) is 6.68. The second kappa shape index (κ2) is 9.90. The van der Waals surface area contributed by atoms with Crippen molar-refractivity contribution in [3.8, 4) is 0 Å².